The Morgan fingerprint density at radius 3 is 2.20 bits per heavy atom. The second-order valence-corrected chi connectivity index (χ2v) is 10.4. The van der Waals surface area contributed by atoms with Gasteiger partial charge < -0.3 is 13.7 Å². The minimum atomic E-state index is 0.902. The largest absolute Gasteiger partial charge is 0.334 e. The minimum absolute atomic E-state index is 0.902. The fraction of sp³-hybridized carbons (Fsp3) is 0.0571. The molecular weight excluding hydrogens is 504 g/mol. The molecule has 0 spiro atoms. The summed E-state index contributed by atoms with van der Waals surface area (Å²) >= 11 is 0. The summed E-state index contributed by atoms with van der Waals surface area (Å²) < 4.78 is 6.52. The van der Waals surface area contributed by atoms with Crippen LogP contribution >= 0.6 is 0 Å². The maximum absolute atomic E-state index is 4.97. The van der Waals surface area contributed by atoms with E-state index in [1.165, 1.54) is 16.3 Å². The Bertz CT molecular complexity index is 2230. The van der Waals surface area contributed by atoms with Crippen molar-refractivity contribution in [2.24, 2.45) is 14.1 Å². The van der Waals surface area contributed by atoms with E-state index in [-0.39, 0.29) is 0 Å². The molecule has 0 radical (unpaired) electrons. The minimum Gasteiger partial charge on any atom is -0.334 e. The van der Waals surface area contributed by atoms with Crippen molar-refractivity contribution in [3.05, 3.63) is 122 Å². The Kier molecular flexibility index (Phi) is 5.15. The lowest BCUT2D eigenvalue weighted by Gasteiger charge is -2.11. The van der Waals surface area contributed by atoms with Crippen molar-refractivity contribution < 1.29 is 0 Å². The van der Waals surface area contributed by atoms with Gasteiger partial charge in [-0.05, 0) is 48.5 Å². The lowest BCUT2D eigenvalue weighted by atomic mass is 10.1. The van der Waals surface area contributed by atoms with Crippen LogP contribution in [0.5, 0.6) is 0 Å². The van der Waals surface area contributed by atoms with Crippen LogP contribution in [0.1, 0.15) is 0 Å². The lowest BCUT2D eigenvalue weighted by molar-refractivity contribution is 0.923. The van der Waals surface area contributed by atoms with Crippen molar-refractivity contribution in [1.29, 1.82) is 0 Å². The van der Waals surface area contributed by atoms with Crippen molar-refractivity contribution in [2.45, 2.75) is 0 Å². The number of hydrogen-bond acceptors (Lipinski definition) is 3. The first-order valence-electron chi connectivity index (χ1n) is 13.7. The summed E-state index contributed by atoms with van der Waals surface area (Å²) in [4.78, 5) is 14.2. The fourth-order valence-electron chi connectivity index (χ4n) is 5.94. The number of aromatic nitrogens is 6. The molecule has 8 aromatic rings. The van der Waals surface area contributed by atoms with Gasteiger partial charge in [-0.2, -0.15) is 0 Å². The summed E-state index contributed by atoms with van der Waals surface area (Å²) in [6.07, 6.45) is 5.65. The highest BCUT2D eigenvalue weighted by Crippen LogP contribution is 2.36. The first kappa shape index (κ1) is 23.4. The molecule has 0 aliphatic rings. The van der Waals surface area contributed by atoms with Gasteiger partial charge in [0.05, 0.1) is 27.8 Å². The smallest absolute Gasteiger partial charge is 0.141 e. The quantitative estimate of drug-likeness (QED) is 0.233. The average molecular weight is 531 g/mol. The molecule has 8 rings (SSSR count). The third kappa shape index (κ3) is 3.68. The van der Waals surface area contributed by atoms with Gasteiger partial charge in [0, 0.05) is 65.8 Å². The zero-order valence-corrected chi connectivity index (χ0v) is 22.7. The van der Waals surface area contributed by atoms with E-state index in [1.807, 2.05) is 30.1 Å². The number of rotatable bonds is 4. The predicted molar refractivity (Wildman–Crippen MR) is 166 cm³/mol. The molecule has 0 aliphatic carbocycles. The third-order valence-corrected chi connectivity index (χ3v) is 7.96. The van der Waals surface area contributed by atoms with E-state index in [9.17, 15) is 0 Å². The van der Waals surface area contributed by atoms with Gasteiger partial charge >= 0.3 is 0 Å². The van der Waals surface area contributed by atoms with E-state index in [4.69, 9.17) is 9.97 Å². The van der Waals surface area contributed by atoms with Crippen LogP contribution in [-0.4, -0.2) is 28.7 Å². The number of imidazole rings is 2. The number of benzene rings is 4. The van der Waals surface area contributed by atoms with Crippen LogP contribution in [0.4, 0.5) is 0 Å². The third-order valence-electron chi connectivity index (χ3n) is 7.96. The molecule has 0 bridgehead atoms. The Morgan fingerprint density at radius 1 is 0.585 bits per heavy atom. The Labute approximate surface area is 236 Å². The van der Waals surface area contributed by atoms with Gasteiger partial charge in [0.2, 0.25) is 0 Å². The van der Waals surface area contributed by atoms with Gasteiger partial charge in [-0.1, -0.05) is 54.6 Å². The van der Waals surface area contributed by atoms with Crippen LogP contribution in [0.15, 0.2) is 122 Å². The molecule has 0 unspecified atom stereocenters. The zero-order chi connectivity index (χ0) is 27.5. The molecule has 0 atom stereocenters. The molecular formula is C35H26N6. The summed E-state index contributed by atoms with van der Waals surface area (Å²) in [5, 5.41) is 2.44. The van der Waals surface area contributed by atoms with Crippen LogP contribution in [0.2, 0.25) is 0 Å². The summed E-state index contributed by atoms with van der Waals surface area (Å²) in [5.74, 6) is 1.86. The Balaban J connectivity index is 1.28. The van der Waals surface area contributed by atoms with E-state index >= 15 is 0 Å². The molecule has 4 aromatic carbocycles. The average Bonchev–Trinajstić information content (AvgIpc) is 3.70. The Hall–Kier alpha value is -5.49. The highest BCUT2D eigenvalue weighted by Gasteiger charge is 2.16. The standard InChI is InChI=1S/C35H26N6/c1-39-19-18-36-34(39)25-15-17-29(37-22-25)23-8-7-9-26(20-23)41-31-12-5-3-10-27(31)28-16-14-24(21-33(28)41)35-38-30-11-4-6-13-32(30)40(35)2/h3-22H,1-2H3. The first-order chi connectivity index (χ1) is 20.2. The van der Waals surface area contributed by atoms with Crippen molar-refractivity contribution in [3.8, 4) is 39.7 Å². The predicted octanol–water partition coefficient (Wildman–Crippen LogP) is 7.80. The maximum Gasteiger partial charge on any atom is 0.141 e. The molecule has 0 fully saturated rings. The van der Waals surface area contributed by atoms with E-state index in [0.29, 0.717) is 0 Å². The van der Waals surface area contributed by atoms with Gasteiger partial charge in [-0.3, -0.25) is 4.98 Å². The summed E-state index contributed by atoms with van der Waals surface area (Å²) in [5.41, 5.74) is 9.59. The number of hydrogen-bond donors (Lipinski definition) is 0. The first-order valence-corrected chi connectivity index (χ1v) is 13.7. The molecule has 0 N–H and O–H groups in total. The molecule has 6 heteroatoms. The van der Waals surface area contributed by atoms with Crippen LogP contribution < -0.4 is 0 Å². The van der Waals surface area contributed by atoms with Gasteiger partial charge in [-0.25, -0.2) is 9.97 Å². The molecule has 0 amide bonds. The van der Waals surface area contributed by atoms with E-state index < -0.39 is 0 Å². The van der Waals surface area contributed by atoms with Crippen LogP contribution in [0.25, 0.3) is 72.6 Å². The van der Waals surface area contributed by atoms with Crippen molar-refractivity contribution >= 4 is 32.8 Å². The molecule has 196 valence electrons. The van der Waals surface area contributed by atoms with Crippen LogP contribution in [0.3, 0.4) is 0 Å². The zero-order valence-electron chi connectivity index (χ0n) is 22.7. The molecule has 4 aromatic heterocycles. The molecule has 41 heavy (non-hydrogen) atoms. The van der Waals surface area contributed by atoms with Gasteiger partial charge in [0.1, 0.15) is 11.6 Å². The number of fused-ring (bicyclic) bond motifs is 4. The SMILES string of the molecule is Cn1ccnc1-c1ccc(-c2cccc(-n3c4ccccc4c4ccc(-c5nc6ccccc6n5C)cc43)c2)nc1. The number of para-hydroxylation sites is 3. The van der Waals surface area contributed by atoms with Crippen LogP contribution in [0, 0.1) is 0 Å². The fourth-order valence-corrected chi connectivity index (χ4v) is 5.94. The molecule has 0 saturated carbocycles. The van der Waals surface area contributed by atoms with Crippen LogP contribution in [-0.2, 0) is 14.1 Å². The second kappa shape index (κ2) is 9.03. The maximum atomic E-state index is 4.97. The Morgan fingerprint density at radius 2 is 1.39 bits per heavy atom. The van der Waals surface area contributed by atoms with Crippen molar-refractivity contribution in [2.75, 3.05) is 0 Å². The van der Waals surface area contributed by atoms with Crippen molar-refractivity contribution in [3.63, 3.8) is 0 Å². The van der Waals surface area contributed by atoms with E-state index in [0.717, 1.165) is 56.3 Å². The van der Waals surface area contributed by atoms with Gasteiger partial charge in [0.25, 0.3) is 0 Å². The molecule has 0 aliphatic heterocycles. The van der Waals surface area contributed by atoms with Gasteiger partial charge in [0.15, 0.2) is 0 Å². The number of aryl methyl sites for hydroxylation is 2. The highest BCUT2D eigenvalue weighted by atomic mass is 15.1. The number of pyridine rings is 1. The summed E-state index contributed by atoms with van der Waals surface area (Å²) in [6.45, 7) is 0. The summed E-state index contributed by atoms with van der Waals surface area (Å²) in [7, 11) is 4.08. The normalized spacial score (nSPS) is 11.7. The topological polar surface area (TPSA) is 53.5 Å². The lowest BCUT2D eigenvalue weighted by Crippen LogP contribution is -1.96. The summed E-state index contributed by atoms with van der Waals surface area (Å²) in [6, 6.07) is 36.3. The van der Waals surface area contributed by atoms with Crippen molar-refractivity contribution in [1.82, 2.24) is 28.7 Å². The molecule has 0 saturated heterocycles. The highest BCUT2D eigenvalue weighted by molar-refractivity contribution is 6.10. The van der Waals surface area contributed by atoms with Gasteiger partial charge in [-0.15, -0.1) is 0 Å². The molecule has 6 nitrogen and oxygen atoms in total. The second-order valence-electron chi connectivity index (χ2n) is 10.4. The monoisotopic (exact) mass is 530 g/mol. The number of nitrogens with zero attached hydrogens (tertiary/aromatic N) is 6. The molecule has 4 heterocycles. The van der Waals surface area contributed by atoms with E-state index in [2.05, 4.69) is 118 Å². The van der Waals surface area contributed by atoms with E-state index in [1.54, 1.807) is 6.20 Å².